The van der Waals surface area contributed by atoms with Crippen LogP contribution >= 0.6 is 0 Å². The molecule has 4 aromatic rings. The van der Waals surface area contributed by atoms with Crippen molar-refractivity contribution in [2.24, 2.45) is 0 Å². The Bertz CT molecular complexity index is 1920. The molecule has 2 heteroatoms. The number of hydrogen-bond donors (Lipinski definition) is 0. The molecule has 0 aromatic heterocycles. The smallest absolute Gasteiger partial charge is 0.0461 e. The number of terminal acetylenes is 1. The number of rotatable bonds is 8. The van der Waals surface area contributed by atoms with Crippen LogP contribution in [0.2, 0.25) is 0 Å². The zero-order valence-electron chi connectivity index (χ0n) is 33.5. The van der Waals surface area contributed by atoms with Crippen molar-refractivity contribution in [2.75, 3.05) is 16.8 Å². The predicted molar refractivity (Wildman–Crippen MR) is 233 cm³/mol. The topological polar surface area (TPSA) is 6.48 Å². The molecule has 274 valence electrons. The lowest BCUT2D eigenvalue weighted by atomic mass is 9.65. The first-order valence-corrected chi connectivity index (χ1v) is 19.1. The molecule has 0 amide bonds. The largest absolute Gasteiger partial charge is 0.348 e. The van der Waals surface area contributed by atoms with E-state index >= 15 is 0 Å². The number of allylic oxidation sites excluding steroid dienone is 9. The average Bonchev–Trinajstić information content (AvgIpc) is 3.40. The molecule has 0 radical (unpaired) electrons. The van der Waals surface area contributed by atoms with Crippen LogP contribution in [0.1, 0.15) is 95.4 Å². The van der Waals surface area contributed by atoms with Gasteiger partial charge < -0.3 is 9.80 Å². The molecule has 2 nitrogen and oxygen atoms in total. The van der Waals surface area contributed by atoms with E-state index in [2.05, 4.69) is 210 Å². The first kappa shape index (κ1) is 40.5. The molecule has 0 spiro atoms. The van der Waals surface area contributed by atoms with E-state index in [4.69, 9.17) is 0 Å². The fraction of sp³-hybridized carbons (Fsp3) is 0.294. The van der Waals surface area contributed by atoms with Crippen LogP contribution in [-0.4, -0.2) is 7.05 Å². The lowest BCUT2D eigenvalue weighted by Crippen LogP contribution is -2.30. The first-order valence-electron chi connectivity index (χ1n) is 19.1. The van der Waals surface area contributed by atoms with Gasteiger partial charge in [0.1, 0.15) is 0 Å². The summed E-state index contributed by atoms with van der Waals surface area (Å²) < 4.78 is 0. The minimum absolute atomic E-state index is 0.133. The van der Waals surface area contributed by atoms with Gasteiger partial charge in [-0.15, -0.1) is 12.3 Å². The minimum Gasteiger partial charge on any atom is -0.348 e. The van der Waals surface area contributed by atoms with Gasteiger partial charge in [0.2, 0.25) is 0 Å². The Kier molecular flexibility index (Phi) is 15.4. The number of hydrogen-bond acceptors (Lipinski definition) is 2. The molecule has 0 unspecified atom stereocenters. The summed E-state index contributed by atoms with van der Waals surface area (Å²) in [5.41, 5.74) is 14.4. The quantitative estimate of drug-likeness (QED) is 0.133. The molecule has 2 aliphatic rings. The van der Waals surface area contributed by atoms with Crippen LogP contribution in [0.25, 0.3) is 0 Å². The molecule has 53 heavy (non-hydrogen) atoms. The van der Waals surface area contributed by atoms with E-state index in [-0.39, 0.29) is 5.41 Å². The summed E-state index contributed by atoms with van der Waals surface area (Å²) >= 11 is 0. The van der Waals surface area contributed by atoms with Gasteiger partial charge in [0.15, 0.2) is 0 Å². The lowest BCUT2D eigenvalue weighted by molar-refractivity contribution is 0.346. The Hall–Kier alpha value is -5.26. The average molecular weight is 701 g/mol. The third-order valence-electron chi connectivity index (χ3n) is 10.1. The van der Waals surface area contributed by atoms with E-state index in [1.54, 1.807) is 6.92 Å². The predicted octanol–water partition coefficient (Wildman–Crippen LogP) is 14.1. The van der Waals surface area contributed by atoms with Gasteiger partial charge >= 0.3 is 0 Å². The molecule has 0 atom stereocenters. The highest BCUT2D eigenvalue weighted by Gasteiger charge is 2.35. The summed E-state index contributed by atoms with van der Waals surface area (Å²) in [4.78, 5) is 4.57. The van der Waals surface area contributed by atoms with E-state index in [1.807, 2.05) is 0 Å². The van der Waals surface area contributed by atoms with Crippen LogP contribution in [0, 0.1) is 26.2 Å². The molecular formula is C51H60N2. The Morgan fingerprint density at radius 1 is 0.660 bits per heavy atom. The van der Waals surface area contributed by atoms with Crippen molar-refractivity contribution in [3.05, 3.63) is 184 Å². The molecule has 4 aromatic carbocycles. The van der Waals surface area contributed by atoms with Gasteiger partial charge in [0, 0.05) is 40.9 Å². The maximum Gasteiger partial charge on any atom is 0.0461 e. The number of aryl methyl sites for hydroxylation is 2. The van der Waals surface area contributed by atoms with Gasteiger partial charge in [-0.05, 0) is 133 Å². The van der Waals surface area contributed by atoms with Gasteiger partial charge in [-0.25, -0.2) is 0 Å². The summed E-state index contributed by atoms with van der Waals surface area (Å²) in [7, 11) is 2.09. The maximum absolute atomic E-state index is 4.60. The second-order valence-corrected chi connectivity index (χ2v) is 14.7. The number of nitrogens with zero attached hydrogens (tertiary/aromatic N) is 2. The molecular weight excluding hydrogens is 641 g/mol. The van der Waals surface area contributed by atoms with E-state index in [0.29, 0.717) is 0 Å². The summed E-state index contributed by atoms with van der Waals surface area (Å²) in [5, 5.41) is 0. The van der Waals surface area contributed by atoms with Crippen LogP contribution < -0.4 is 9.80 Å². The summed E-state index contributed by atoms with van der Waals surface area (Å²) in [6.45, 7) is 14.4. The van der Waals surface area contributed by atoms with Crippen molar-refractivity contribution in [1.82, 2.24) is 0 Å². The third kappa shape index (κ3) is 11.4. The molecule has 0 bridgehead atoms. The zero-order valence-corrected chi connectivity index (χ0v) is 33.5. The van der Waals surface area contributed by atoms with Gasteiger partial charge in [0.25, 0.3) is 0 Å². The van der Waals surface area contributed by atoms with E-state index in [9.17, 15) is 0 Å². The van der Waals surface area contributed by atoms with E-state index < -0.39 is 0 Å². The second-order valence-electron chi connectivity index (χ2n) is 14.7. The monoisotopic (exact) mass is 700 g/mol. The highest BCUT2D eigenvalue weighted by atomic mass is 15.1. The third-order valence-corrected chi connectivity index (χ3v) is 10.1. The Labute approximate surface area is 322 Å². The summed E-state index contributed by atoms with van der Waals surface area (Å²) in [5.74, 6) is 2.25. The fourth-order valence-corrected chi connectivity index (χ4v) is 6.96. The highest BCUT2D eigenvalue weighted by molar-refractivity contribution is 5.71. The second kappa shape index (κ2) is 20.1. The maximum atomic E-state index is 4.60. The summed E-state index contributed by atoms with van der Waals surface area (Å²) in [6, 6.07) is 38.0. The van der Waals surface area contributed by atoms with Gasteiger partial charge in [-0.2, -0.15) is 0 Å². The normalized spacial score (nSPS) is 14.7. The van der Waals surface area contributed by atoms with Gasteiger partial charge in [-0.1, -0.05) is 126 Å². The SMILES string of the molecule is C#CC.CC(C)=C/C=C(\C)N(C)c1ccc(C)cc1.CC1=CC=C(N(c2ccc(C)cc2)c2ccc(C3(c4ccccc4)CCCCC3)cc2)C=CC1. The van der Waals surface area contributed by atoms with Crippen molar-refractivity contribution in [1.29, 1.82) is 0 Å². The first-order chi connectivity index (χ1) is 25.6. The van der Waals surface area contributed by atoms with Crippen molar-refractivity contribution in [2.45, 2.75) is 92.4 Å². The Morgan fingerprint density at radius 2 is 1.17 bits per heavy atom. The van der Waals surface area contributed by atoms with Gasteiger partial charge in [0.05, 0.1) is 0 Å². The number of benzene rings is 4. The standard InChI is InChI=1S/C33H35N.C15H21N.C3H4/c1-26-10-9-13-30(19-14-26)34(31-20-15-27(2)16-21-31)32-22-17-29(18-23-32)33(24-7-4-8-25-33)28-11-5-3-6-12-28;1-12(2)6-9-14(4)16(5)15-10-7-13(3)8-11-15;1-3-2/h3,5-6,9,11-23H,4,7-8,10,24-25H2,1-2H3;6-11H,1-5H3;1H,2H3/b;14-9+;. The van der Waals surface area contributed by atoms with Crippen LogP contribution in [0.3, 0.4) is 0 Å². The van der Waals surface area contributed by atoms with Crippen LogP contribution in [0.4, 0.5) is 17.1 Å². The Morgan fingerprint density at radius 3 is 1.72 bits per heavy atom. The molecule has 0 N–H and O–H groups in total. The molecule has 1 fully saturated rings. The van der Waals surface area contributed by atoms with Crippen molar-refractivity contribution < 1.29 is 0 Å². The molecule has 0 aliphatic heterocycles. The van der Waals surface area contributed by atoms with Gasteiger partial charge in [-0.3, -0.25) is 0 Å². The summed E-state index contributed by atoms with van der Waals surface area (Å²) in [6.07, 6.45) is 25.3. The fourth-order valence-electron chi connectivity index (χ4n) is 6.96. The van der Waals surface area contributed by atoms with Crippen molar-refractivity contribution >= 4 is 17.1 Å². The van der Waals surface area contributed by atoms with Crippen LogP contribution in [0.5, 0.6) is 0 Å². The van der Waals surface area contributed by atoms with Crippen LogP contribution in [0.15, 0.2) is 162 Å². The van der Waals surface area contributed by atoms with Crippen LogP contribution in [-0.2, 0) is 5.41 Å². The lowest BCUT2D eigenvalue weighted by Gasteiger charge is -2.39. The Balaban J connectivity index is 0.000000277. The van der Waals surface area contributed by atoms with E-state index in [1.165, 1.54) is 94.0 Å². The van der Waals surface area contributed by atoms with Crippen molar-refractivity contribution in [3.63, 3.8) is 0 Å². The molecule has 1 saturated carbocycles. The van der Waals surface area contributed by atoms with Crippen molar-refractivity contribution in [3.8, 4) is 12.3 Å². The molecule has 0 heterocycles. The van der Waals surface area contributed by atoms with E-state index in [0.717, 1.165) is 6.42 Å². The molecule has 2 aliphatic carbocycles. The zero-order chi connectivity index (χ0) is 38.2. The molecule has 6 rings (SSSR count). The highest BCUT2D eigenvalue weighted by Crippen LogP contribution is 2.45. The minimum atomic E-state index is 0.133. The molecule has 0 saturated heterocycles. The number of anilines is 3.